The third-order valence-electron chi connectivity index (χ3n) is 3.96. The topological polar surface area (TPSA) is 61.4 Å². The molecule has 0 aromatic carbocycles. The molecule has 0 saturated carbocycles. The highest BCUT2D eigenvalue weighted by Crippen LogP contribution is 2.27. The van der Waals surface area contributed by atoms with Gasteiger partial charge in [0, 0.05) is 50.5 Å². The Morgan fingerprint density at radius 2 is 2.30 bits per heavy atom. The quantitative estimate of drug-likeness (QED) is 0.906. The predicted octanol–water partition coefficient (Wildman–Crippen LogP) is 1.89. The zero-order valence-corrected chi connectivity index (χ0v) is 14.2. The molecule has 0 radical (unpaired) electrons. The van der Waals surface area contributed by atoms with Gasteiger partial charge in [0.1, 0.15) is 11.9 Å². The highest BCUT2D eigenvalue weighted by molar-refractivity contribution is 7.13. The van der Waals surface area contributed by atoms with Crippen molar-refractivity contribution in [1.82, 2.24) is 15.3 Å². The van der Waals surface area contributed by atoms with Crippen molar-refractivity contribution in [1.29, 1.82) is 0 Å². The van der Waals surface area contributed by atoms with Crippen LogP contribution in [0, 0.1) is 0 Å². The van der Waals surface area contributed by atoms with Crippen LogP contribution in [0.2, 0.25) is 0 Å². The van der Waals surface area contributed by atoms with E-state index in [1.165, 1.54) is 0 Å². The molecular formula is C16H21N5OS. The van der Waals surface area contributed by atoms with E-state index < -0.39 is 0 Å². The van der Waals surface area contributed by atoms with Gasteiger partial charge in [-0.25, -0.2) is 9.97 Å². The summed E-state index contributed by atoms with van der Waals surface area (Å²) >= 11 is 1.58. The van der Waals surface area contributed by atoms with E-state index in [9.17, 15) is 4.79 Å². The first-order valence-corrected chi connectivity index (χ1v) is 8.60. The minimum absolute atomic E-state index is 0.0614. The number of aromatic nitrogens is 2. The average Bonchev–Trinajstić information content (AvgIpc) is 3.23. The van der Waals surface area contributed by atoms with Crippen molar-refractivity contribution in [2.24, 2.45) is 0 Å². The van der Waals surface area contributed by atoms with Crippen LogP contribution in [0.5, 0.6) is 0 Å². The van der Waals surface area contributed by atoms with E-state index in [-0.39, 0.29) is 11.9 Å². The highest BCUT2D eigenvalue weighted by atomic mass is 32.1. The lowest BCUT2D eigenvalue weighted by Gasteiger charge is -2.23. The Morgan fingerprint density at radius 3 is 3.04 bits per heavy atom. The average molecular weight is 331 g/mol. The lowest BCUT2D eigenvalue weighted by atomic mass is 10.2. The number of nitrogens with one attached hydrogen (secondary N) is 1. The van der Waals surface area contributed by atoms with Gasteiger partial charge in [0.25, 0.3) is 0 Å². The van der Waals surface area contributed by atoms with Gasteiger partial charge in [-0.05, 0) is 18.9 Å². The SMILES string of the molecule is CN(C)c1ncccc1CNC(=O)C1CCCN1c1nccs1. The zero-order chi connectivity index (χ0) is 16.2. The Labute approximate surface area is 140 Å². The second kappa shape index (κ2) is 6.95. The number of nitrogens with zero attached hydrogens (tertiary/aromatic N) is 4. The van der Waals surface area contributed by atoms with Gasteiger partial charge in [-0.1, -0.05) is 6.07 Å². The number of pyridine rings is 1. The number of carbonyl (C=O) groups excluding carboxylic acids is 1. The largest absolute Gasteiger partial charge is 0.362 e. The molecule has 1 fully saturated rings. The lowest BCUT2D eigenvalue weighted by Crippen LogP contribution is -2.43. The molecule has 23 heavy (non-hydrogen) atoms. The van der Waals surface area contributed by atoms with Crippen LogP contribution in [0.25, 0.3) is 0 Å². The van der Waals surface area contributed by atoms with Crippen molar-refractivity contribution in [3.05, 3.63) is 35.5 Å². The molecule has 1 aliphatic heterocycles. The van der Waals surface area contributed by atoms with Crippen molar-refractivity contribution in [3.63, 3.8) is 0 Å². The van der Waals surface area contributed by atoms with Crippen molar-refractivity contribution in [3.8, 4) is 0 Å². The molecule has 1 amide bonds. The molecule has 1 saturated heterocycles. The van der Waals surface area contributed by atoms with Gasteiger partial charge in [0.2, 0.25) is 5.91 Å². The first kappa shape index (κ1) is 15.7. The van der Waals surface area contributed by atoms with E-state index >= 15 is 0 Å². The molecule has 0 bridgehead atoms. The molecule has 3 heterocycles. The summed E-state index contributed by atoms with van der Waals surface area (Å²) in [6, 6.07) is 3.77. The van der Waals surface area contributed by atoms with Crippen LogP contribution in [0.3, 0.4) is 0 Å². The maximum Gasteiger partial charge on any atom is 0.243 e. The van der Waals surface area contributed by atoms with Gasteiger partial charge in [0.05, 0.1) is 0 Å². The number of hydrogen-bond acceptors (Lipinski definition) is 6. The second-order valence-electron chi connectivity index (χ2n) is 5.76. The monoisotopic (exact) mass is 331 g/mol. The maximum atomic E-state index is 12.6. The maximum absolute atomic E-state index is 12.6. The predicted molar refractivity (Wildman–Crippen MR) is 92.9 cm³/mol. The Kier molecular flexibility index (Phi) is 4.76. The van der Waals surface area contributed by atoms with Crippen LogP contribution in [0.15, 0.2) is 29.9 Å². The summed E-state index contributed by atoms with van der Waals surface area (Å²) in [6.07, 6.45) is 5.45. The van der Waals surface area contributed by atoms with Gasteiger partial charge in [-0.2, -0.15) is 0 Å². The summed E-state index contributed by atoms with van der Waals surface area (Å²) in [4.78, 5) is 25.4. The van der Waals surface area contributed by atoms with Gasteiger partial charge in [-0.15, -0.1) is 11.3 Å². The van der Waals surface area contributed by atoms with E-state index in [1.807, 2.05) is 36.5 Å². The fourth-order valence-corrected chi connectivity index (χ4v) is 3.62. The van der Waals surface area contributed by atoms with E-state index in [0.717, 1.165) is 35.9 Å². The van der Waals surface area contributed by atoms with Gasteiger partial charge in [-0.3, -0.25) is 4.79 Å². The Bertz CT molecular complexity index is 658. The third-order valence-corrected chi connectivity index (χ3v) is 4.77. The Balaban J connectivity index is 1.66. The van der Waals surface area contributed by atoms with Crippen molar-refractivity contribution >= 4 is 28.2 Å². The summed E-state index contributed by atoms with van der Waals surface area (Å²) in [5.74, 6) is 0.947. The lowest BCUT2D eigenvalue weighted by molar-refractivity contribution is -0.122. The number of amides is 1. The van der Waals surface area contributed by atoms with Crippen molar-refractivity contribution in [2.75, 3.05) is 30.4 Å². The van der Waals surface area contributed by atoms with E-state index in [0.29, 0.717) is 6.54 Å². The smallest absolute Gasteiger partial charge is 0.243 e. The molecule has 0 spiro atoms. The van der Waals surface area contributed by atoms with E-state index in [1.54, 1.807) is 23.7 Å². The van der Waals surface area contributed by atoms with E-state index in [2.05, 4.69) is 20.2 Å². The molecule has 1 N–H and O–H groups in total. The van der Waals surface area contributed by atoms with Crippen molar-refractivity contribution < 1.29 is 4.79 Å². The first-order valence-electron chi connectivity index (χ1n) is 7.72. The molecule has 1 aliphatic rings. The molecule has 2 aromatic rings. The summed E-state index contributed by atoms with van der Waals surface area (Å²) in [7, 11) is 3.91. The fraction of sp³-hybridized carbons (Fsp3) is 0.438. The first-order chi connectivity index (χ1) is 11.2. The number of anilines is 2. The van der Waals surface area contributed by atoms with Gasteiger partial charge >= 0.3 is 0 Å². The second-order valence-corrected chi connectivity index (χ2v) is 6.64. The number of rotatable bonds is 5. The molecule has 0 aliphatic carbocycles. The summed E-state index contributed by atoms with van der Waals surface area (Å²) in [5.41, 5.74) is 1.02. The summed E-state index contributed by atoms with van der Waals surface area (Å²) in [5, 5.41) is 5.93. The molecule has 6 nitrogen and oxygen atoms in total. The van der Waals surface area contributed by atoms with Crippen LogP contribution in [-0.2, 0) is 11.3 Å². The standard InChI is InChI=1S/C16H21N5OS/c1-20(2)14-12(5-3-7-17-14)11-19-15(22)13-6-4-9-21(13)16-18-8-10-23-16/h3,5,7-8,10,13H,4,6,9,11H2,1-2H3,(H,19,22). The number of thiazole rings is 1. The van der Waals surface area contributed by atoms with Crippen LogP contribution in [0.4, 0.5) is 10.9 Å². The van der Waals surface area contributed by atoms with Crippen LogP contribution in [-0.4, -0.2) is 42.6 Å². The molecule has 3 rings (SSSR count). The number of carbonyl (C=O) groups is 1. The van der Waals surface area contributed by atoms with Crippen LogP contribution >= 0.6 is 11.3 Å². The van der Waals surface area contributed by atoms with Crippen LogP contribution in [0.1, 0.15) is 18.4 Å². The van der Waals surface area contributed by atoms with Gasteiger partial charge in [0.15, 0.2) is 5.13 Å². The fourth-order valence-electron chi connectivity index (χ4n) is 2.90. The minimum Gasteiger partial charge on any atom is -0.362 e. The third kappa shape index (κ3) is 3.44. The molecule has 7 heteroatoms. The zero-order valence-electron chi connectivity index (χ0n) is 13.4. The molecule has 1 unspecified atom stereocenters. The van der Waals surface area contributed by atoms with Gasteiger partial charge < -0.3 is 15.1 Å². The Hall–Kier alpha value is -2.15. The highest BCUT2D eigenvalue weighted by Gasteiger charge is 2.32. The normalized spacial score (nSPS) is 17.3. The van der Waals surface area contributed by atoms with E-state index in [4.69, 9.17) is 0 Å². The molecule has 122 valence electrons. The molecular weight excluding hydrogens is 310 g/mol. The minimum atomic E-state index is -0.124. The van der Waals surface area contributed by atoms with Crippen molar-refractivity contribution in [2.45, 2.75) is 25.4 Å². The Morgan fingerprint density at radius 1 is 1.43 bits per heavy atom. The summed E-state index contributed by atoms with van der Waals surface area (Å²) in [6.45, 7) is 1.38. The summed E-state index contributed by atoms with van der Waals surface area (Å²) < 4.78 is 0. The molecule has 1 atom stereocenters. The van der Waals surface area contributed by atoms with Crippen LogP contribution < -0.4 is 15.1 Å². The molecule has 2 aromatic heterocycles. The number of hydrogen-bond donors (Lipinski definition) is 1.